The number of benzene rings is 2. The average molecular weight is 319 g/mol. The van der Waals surface area contributed by atoms with Gasteiger partial charge in [0.2, 0.25) is 6.79 Å². The lowest BCUT2D eigenvalue weighted by Gasteiger charge is -2.23. The molecule has 0 atom stereocenters. The molecule has 3 rings (SSSR count). The highest BCUT2D eigenvalue weighted by molar-refractivity contribution is 7.92. The third kappa shape index (κ3) is 2.50. The molecule has 2 aromatic carbocycles. The number of anilines is 1. The van der Waals surface area contributed by atoms with Gasteiger partial charge in [-0.25, -0.2) is 8.42 Å². The Morgan fingerprint density at radius 3 is 2.59 bits per heavy atom. The molecule has 2 aromatic rings. The summed E-state index contributed by atoms with van der Waals surface area (Å²) in [6.45, 7) is 4.17. The van der Waals surface area contributed by atoms with Crippen molar-refractivity contribution < 1.29 is 17.9 Å². The van der Waals surface area contributed by atoms with Gasteiger partial charge in [-0.05, 0) is 43.7 Å². The Hall–Kier alpha value is -2.21. The third-order valence-corrected chi connectivity index (χ3v) is 5.41. The van der Waals surface area contributed by atoms with E-state index in [1.807, 2.05) is 13.0 Å². The Kier molecular flexibility index (Phi) is 3.70. The van der Waals surface area contributed by atoms with Crippen LogP contribution < -0.4 is 13.8 Å². The summed E-state index contributed by atoms with van der Waals surface area (Å²) in [6.07, 6.45) is 0. The number of ether oxygens (including phenoxy) is 2. The lowest BCUT2D eigenvalue weighted by Crippen LogP contribution is -2.30. The molecule has 0 spiro atoms. The second-order valence-electron chi connectivity index (χ2n) is 5.02. The molecule has 1 heterocycles. The van der Waals surface area contributed by atoms with Gasteiger partial charge >= 0.3 is 0 Å². The van der Waals surface area contributed by atoms with Crippen molar-refractivity contribution in [3.63, 3.8) is 0 Å². The molecule has 0 saturated carbocycles. The highest BCUT2D eigenvalue weighted by atomic mass is 32.2. The van der Waals surface area contributed by atoms with Crippen molar-refractivity contribution in [2.75, 3.05) is 17.6 Å². The van der Waals surface area contributed by atoms with Crippen LogP contribution in [-0.4, -0.2) is 21.8 Å². The van der Waals surface area contributed by atoms with Gasteiger partial charge in [-0.2, -0.15) is 0 Å². The molecule has 0 fully saturated rings. The van der Waals surface area contributed by atoms with Crippen molar-refractivity contribution in [3.05, 3.63) is 48.0 Å². The maximum absolute atomic E-state index is 12.9. The van der Waals surface area contributed by atoms with E-state index in [9.17, 15) is 8.42 Å². The molecule has 1 aliphatic rings. The van der Waals surface area contributed by atoms with Crippen LogP contribution in [0.3, 0.4) is 0 Å². The van der Waals surface area contributed by atoms with Crippen molar-refractivity contribution in [2.45, 2.75) is 18.7 Å². The van der Waals surface area contributed by atoms with E-state index in [4.69, 9.17) is 9.47 Å². The van der Waals surface area contributed by atoms with E-state index < -0.39 is 10.0 Å². The molecular formula is C16H17NO4S. The lowest BCUT2D eigenvalue weighted by molar-refractivity contribution is 0.174. The van der Waals surface area contributed by atoms with Crippen LogP contribution in [0.1, 0.15) is 12.5 Å². The van der Waals surface area contributed by atoms with Gasteiger partial charge in [-0.15, -0.1) is 0 Å². The summed E-state index contributed by atoms with van der Waals surface area (Å²) < 4.78 is 37.7. The van der Waals surface area contributed by atoms with Crippen molar-refractivity contribution >= 4 is 15.7 Å². The van der Waals surface area contributed by atoms with Crippen molar-refractivity contribution in [1.82, 2.24) is 0 Å². The van der Waals surface area contributed by atoms with E-state index in [1.165, 1.54) is 4.31 Å². The summed E-state index contributed by atoms with van der Waals surface area (Å²) in [4.78, 5) is 0.284. The zero-order valence-corrected chi connectivity index (χ0v) is 13.3. The number of rotatable bonds is 4. The predicted octanol–water partition coefficient (Wildman–Crippen LogP) is 2.94. The molecule has 0 bridgehead atoms. The van der Waals surface area contributed by atoms with E-state index in [1.54, 1.807) is 43.3 Å². The fraction of sp³-hybridized carbons (Fsp3) is 0.250. The van der Waals surface area contributed by atoms with Gasteiger partial charge in [0.05, 0.1) is 10.6 Å². The minimum atomic E-state index is -3.61. The molecule has 6 heteroatoms. The van der Waals surface area contributed by atoms with Gasteiger partial charge < -0.3 is 9.47 Å². The predicted molar refractivity (Wildman–Crippen MR) is 83.9 cm³/mol. The summed E-state index contributed by atoms with van der Waals surface area (Å²) in [5.41, 5.74) is 1.47. The number of aryl methyl sites for hydroxylation is 1. The van der Waals surface area contributed by atoms with Crippen LogP contribution in [0, 0.1) is 6.92 Å². The van der Waals surface area contributed by atoms with Crippen LogP contribution >= 0.6 is 0 Å². The Morgan fingerprint density at radius 1 is 1.09 bits per heavy atom. The molecule has 0 saturated heterocycles. The number of nitrogens with zero attached hydrogens (tertiary/aromatic N) is 1. The second-order valence-corrected chi connectivity index (χ2v) is 6.89. The summed E-state index contributed by atoms with van der Waals surface area (Å²) in [5, 5.41) is 0. The molecule has 0 aliphatic carbocycles. The number of hydrogen-bond acceptors (Lipinski definition) is 4. The van der Waals surface area contributed by atoms with Crippen LogP contribution in [0.25, 0.3) is 0 Å². The lowest BCUT2D eigenvalue weighted by atomic mass is 10.2. The average Bonchev–Trinajstić information content (AvgIpc) is 2.95. The standard InChI is InChI=1S/C16H17NO4S/c1-3-17(13-7-8-15-16(10-13)21-11-20-15)22(18,19)14-6-4-5-12(2)9-14/h4-10H,3,11H2,1-2H3. The molecule has 0 N–H and O–H groups in total. The Balaban J connectivity index is 2.03. The maximum Gasteiger partial charge on any atom is 0.264 e. The fourth-order valence-electron chi connectivity index (χ4n) is 2.43. The molecule has 22 heavy (non-hydrogen) atoms. The first-order chi connectivity index (χ1) is 10.5. The highest BCUT2D eigenvalue weighted by Crippen LogP contribution is 2.36. The van der Waals surface area contributed by atoms with Gasteiger partial charge in [0.15, 0.2) is 11.5 Å². The molecule has 0 unspecified atom stereocenters. The molecular weight excluding hydrogens is 302 g/mol. The largest absolute Gasteiger partial charge is 0.454 e. The SMILES string of the molecule is CCN(c1ccc2c(c1)OCO2)S(=O)(=O)c1cccc(C)c1. The normalized spacial score (nSPS) is 13.2. The smallest absolute Gasteiger partial charge is 0.264 e. The summed E-state index contributed by atoms with van der Waals surface area (Å²) in [7, 11) is -3.61. The molecule has 116 valence electrons. The zero-order chi connectivity index (χ0) is 15.7. The zero-order valence-electron chi connectivity index (χ0n) is 12.4. The van der Waals surface area contributed by atoms with Crippen molar-refractivity contribution in [1.29, 1.82) is 0 Å². The molecule has 5 nitrogen and oxygen atoms in total. The number of sulfonamides is 1. The van der Waals surface area contributed by atoms with Gasteiger partial charge in [-0.1, -0.05) is 12.1 Å². The van der Waals surface area contributed by atoms with Gasteiger partial charge in [0.1, 0.15) is 0 Å². The van der Waals surface area contributed by atoms with Crippen LogP contribution in [0.4, 0.5) is 5.69 Å². The van der Waals surface area contributed by atoms with Crippen molar-refractivity contribution in [3.8, 4) is 11.5 Å². The Morgan fingerprint density at radius 2 is 1.86 bits per heavy atom. The monoisotopic (exact) mass is 319 g/mol. The Labute approximate surface area is 130 Å². The topological polar surface area (TPSA) is 55.8 Å². The summed E-state index contributed by atoms with van der Waals surface area (Å²) >= 11 is 0. The quantitative estimate of drug-likeness (QED) is 0.869. The minimum Gasteiger partial charge on any atom is -0.454 e. The van der Waals surface area contributed by atoms with E-state index in [0.29, 0.717) is 23.7 Å². The van der Waals surface area contributed by atoms with Crippen LogP contribution in [-0.2, 0) is 10.0 Å². The third-order valence-electron chi connectivity index (χ3n) is 3.51. The van der Waals surface area contributed by atoms with Crippen LogP contribution in [0.2, 0.25) is 0 Å². The van der Waals surface area contributed by atoms with Gasteiger partial charge in [0.25, 0.3) is 10.0 Å². The molecule has 0 aromatic heterocycles. The Bertz CT molecular complexity index is 802. The van der Waals surface area contributed by atoms with Crippen LogP contribution in [0.5, 0.6) is 11.5 Å². The molecule has 0 radical (unpaired) electrons. The van der Waals surface area contributed by atoms with E-state index in [2.05, 4.69) is 0 Å². The fourth-order valence-corrected chi connectivity index (χ4v) is 4.01. The first kappa shape index (κ1) is 14.7. The molecule has 0 amide bonds. The summed E-state index contributed by atoms with van der Waals surface area (Å²) in [6, 6.07) is 12.0. The first-order valence-corrected chi connectivity index (χ1v) is 8.45. The number of fused-ring (bicyclic) bond motifs is 1. The van der Waals surface area contributed by atoms with E-state index >= 15 is 0 Å². The van der Waals surface area contributed by atoms with Gasteiger partial charge in [0, 0.05) is 12.6 Å². The van der Waals surface area contributed by atoms with Gasteiger partial charge in [-0.3, -0.25) is 4.31 Å². The van der Waals surface area contributed by atoms with E-state index in [0.717, 1.165) is 5.56 Å². The number of hydrogen-bond donors (Lipinski definition) is 0. The second kappa shape index (κ2) is 5.53. The van der Waals surface area contributed by atoms with Crippen LogP contribution in [0.15, 0.2) is 47.4 Å². The van der Waals surface area contributed by atoms with E-state index in [-0.39, 0.29) is 11.7 Å². The minimum absolute atomic E-state index is 0.162. The summed E-state index contributed by atoms with van der Waals surface area (Å²) in [5.74, 6) is 1.20. The molecule has 1 aliphatic heterocycles. The maximum atomic E-state index is 12.9. The highest BCUT2D eigenvalue weighted by Gasteiger charge is 2.25. The first-order valence-electron chi connectivity index (χ1n) is 7.01. The van der Waals surface area contributed by atoms with Crippen molar-refractivity contribution in [2.24, 2.45) is 0 Å².